The van der Waals surface area contributed by atoms with Crippen LogP contribution in [0.3, 0.4) is 0 Å². The number of unbranched alkanes of at least 4 members (excludes halogenated alkanes) is 1. The van der Waals surface area contributed by atoms with Crippen molar-refractivity contribution in [2.75, 3.05) is 19.8 Å². The van der Waals surface area contributed by atoms with E-state index in [0.717, 1.165) is 36.3 Å². The van der Waals surface area contributed by atoms with E-state index in [1.165, 1.54) is 0 Å². The third-order valence-corrected chi connectivity index (χ3v) is 3.39. The topological polar surface area (TPSA) is 42.2 Å². The second-order valence-corrected chi connectivity index (χ2v) is 5.13. The number of hydrogen-bond acceptors (Lipinski definition) is 3. The third-order valence-electron chi connectivity index (χ3n) is 3.39. The summed E-state index contributed by atoms with van der Waals surface area (Å²) in [6.45, 7) is 5.65. The quantitative estimate of drug-likeness (QED) is 0.503. The lowest BCUT2D eigenvalue weighted by molar-refractivity contribution is 0.152. The molecule has 0 saturated carbocycles. The molecule has 2 aromatic carbocycles. The number of ether oxygens (including phenoxy) is 2. The zero-order chi connectivity index (χ0) is 16.3. The first-order chi connectivity index (χ1) is 11.3. The normalized spacial score (nSPS) is 10.0. The van der Waals surface area contributed by atoms with Gasteiger partial charge >= 0.3 is 0 Å². The molecule has 0 N–H and O–H groups in total. The highest BCUT2D eigenvalue weighted by atomic mass is 16.5. The van der Waals surface area contributed by atoms with E-state index in [1.807, 2.05) is 48.5 Å². The highest BCUT2D eigenvalue weighted by molar-refractivity contribution is 5.64. The van der Waals surface area contributed by atoms with Crippen molar-refractivity contribution >= 4 is 0 Å². The van der Waals surface area contributed by atoms with Crippen LogP contribution < -0.4 is 4.74 Å². The Labute approximate surface area is 137 Å². The van der Waals surface area contributed by atoms with Crippen LogP contribution in [0.4, 0.5) is 0 Å². The van der Waals surface area contributed by atoms with Crippen molar-refractivity contribution in [1.82, 2.24) is 0 Å². The van der Waals surface area contributed by atoms with Crippen molar-refractivity contribution in [1.29, 1.82) is 5.26 Å². The standard InChI is InChI=1S/C20H21NO2/c1-2-13-22-14-3-4-15-23-20-11-9-19(10-12-20)18-7-5-17(16-21)6-8-18/h2,5-12H,1,3-4,13-15H2. The van der Waals surface area contributed by atoms with E-state index in [0.29, 0.717) is 18.8 Å². The summed E-state index contributed by atoms with van der Waals surface area (Å²) in [6, 6.07) is 17.7. The van der Waals surface area contributed by atoms with Crippen molar-refractivity contribution in [3.05, 3.63) is 66.7 Å². The number of hydrogen-bond donors (Lipinski definition) is 0. The molecular formula is C20H21NO2. The van der Waals surface area contributed by atoms with E-state index in [-0.39, 0.29) is 0 Å². The van der Waals surface area contributed by atoms with E-state index in [2.05, 4.69) is 12.6 Å². The summed E-state index contributed by atoms with van der Waals surface area (Å²) in [6.07, 6.45) is 3.71. The summed E-state index contributed by atoms with van der Waals surface area (Å²) in [5.41, 5.74) is 2.88. The van der Waals surface area contributed by atoms with Gasteiger partial charge in [-0.3, -0.25) is 0 Å². The summed E-state index contributed by atoms with van der Waals surface area (Å²) < 4.78 is 11.0. The first-order valence-electron chi connectivity index (χ1n) is 7.75. The fourth-order valence-electron chi connectivity index (χ4n) is 2.14. The maximum Gasteiger partial charge on any atom is 0.119 e. The molecule has 0 aromatic heterocycles. The molecule has 0 aliphatic carbocycles. The zero-order valence-corrected chi connectivity index (χ0v) is 13.2. The van der Waals surface area contributed by atoms with Gasteiger partial charge in [-0.25, -0.2) is 0 Å². The minimum atomic E-state index is 0.609. The lowest BCUT2D eigenvalue weighted by Gasteiger charge is -2.08. The zero-order valence-electron chi connectivity index (χ0n) is 13.2. The molecule has 2 aromatic rings. The Balaban J connectivity index is 1.78. The summed E-state index contributed by atoms with van der Waals surface area (Å²) >= 11 is 0. The molecule has 3 nitrogen and oxygen atoms in total. The van der Waals surface area contributed by atoms with E-state index in [4.69, 9.17) is 14.7 Å². The highest BCUT2D eigenvalue weighted by Gasteiger charge is 1.99. The van der Waals surface area contributed by atoms with Crippen molar-refractivity contribution in [2.24, 2.45) is 0 Å². The van der Waals surface area contributed by atoms with Gasteiger partial charge < -0.3 is 9.47 Å². The average molecular weight is 307 g/mol. The van der Waals surface area contributed by atoms with E-state index >= 15 is 0 Å². The summed E-state index contributed by atoms with van der Waals surface area (Å²) in [5.74, 6) is 0.870. The molecule has 0 unspecified atom stereocenters. The third kappa shape index (κ3) is 5.61. The lowest BCUT2D eigenvalue weighted by atomic mass is 10.0. The monoisotopic (exact) mass is 307 g/mol. The summed E-state index contributed by atoms with van der Waals surface area (Å²) in [4.78, 5) is 0. The van der Waals surface area contributed by atoms with Gasteiger partial charge in [0.1, 0.15) is 5.75 Å². The van der Waals surface area contributed by atoms with Crippen molar-refractivity contribution in [2.45, 2.75) is 12.8 Å². The van der Waals surface area contributed by atoms with Gasteiger partial charge in [0.25, 0.3) is 0 Å². The summed E-state index contributed by atoms with van der Waals surface area (Å²) in [5, 5.41) is 8.82. The first kappa shape index (κ1) is 16.8. The average Bonchev–Trinajstić information content (AvgIpc) is 2.61. The molecule has 0 fully saturated rings. The molecule has 118 valence electrons. The second kappa shape index (κ2) is 9.45. The molecule has 3 heteroatoms. The Bertz CT molecular complexity index is 639. The number of nitrogens with zero attached hydrogens (tertiary/aromatic N) is 1. The fourth-order valence-corrected chi connectivity index (χ4v) is 2.14. The number of benzene rings is 2. The Kier molecular flexibility index (Phi) is 6.90. The van der Waals surface area contributed by atoms with Crippen LogP contribution in [0.2, 0.25) is 0 Å². The Morgan fingerprint density at radius 2 is 1.52 bits per heavy atom. The highest BCUT2D eigenvalue weighted by Crippen LogP contribution is 2.22. The lowest BCUT2D eigenvalue weighted by Crippen LogP contribution is -2.00. The van der Waals surface area contributed by atoms with Gasteiger partial charge in [-0.15, -0.1) is 6.58 Å². The van der Waals surface area contributed by atoms with Gasteiger partial charge in [-0.2, -0.15) is 5.26 Å². The van der Waals surface area contributed by atoms with E-state index in [1.54, 1.807) is 6.08 Å². The predicted octanol–water partition coefficient (Wildman–Crippen LogP) is 4.59. The van der Waals surface area contributed by atoms with Crippen LogP contribution in [-0.2, 0) is 4.74 Å². The van der Waals surface area contributed by atoms with Gasteiger partial charge in [-0.1, -0.05) is 30.3 Å². The molecule has 0 atom stereocenters. The Morgan fingerprint density at radius 1 is 0.913 bits per heavy atom. The fraction of sp³-hybridized carbons (Fsp3) is 0.250. The van der Waals surface area contributed by atoms with Crippen molar-refractivity contribution < 1.29 is 9.47 Å². The Hall–Kier alpha value is -2.57. The molecule has 0 aliphatic heterocycles. The smallest absolute Gasteiger partial charge is 0.119 e. The van der Waals surface area contributed by atoms with E-state index < -0.39 is 0 Å². The van der Waals surface area contributed by atoms with E-state index in [9.17, 15) is 0 Å². The Morgan fingerprint density at radius 3 is 2.13 bits per heavy atom. The molecule has 0 saturated heterocycles. The summed E-state index contributed by atoms with van der Waals surface area (Å²) in [7, 11) is 0. The SMILES string of the molecule is C=CCOCCCCOc1ccc(-c2ccc(C#N)cc2)cc1. The van der Waals surface area contributed by atoms with Crippen LogP contribution in [0, 0.1) is 11.3 Å². The van der Waals surface area contributed by atoms with Crippen LogP contribution >= 0.6 is 0 Å². The van der Waals surface area contributed by atoms with Crippen molar-refractivity contribution in [3.8, 4) is 22.9 Å². The second-order valence-electron chi connectivity index (χ2n) is 5.13. The number of rotatable bonds is 9. The van der Waals surface area contributed by atoms with Crippen LogP contribution in [0.1, 0.15) is 18.4 Å². The molecule has 0 aliphatic rings. The maximum absolute atomic E-state index is 8.82. The molecule has 0 bridgehead atoms. The molecular weight excluding hydrogens is 286 g/mol. The van der Waals surface area contributed by atoms with Gasteiger partial charge in [0, 0.05) is 6.61 Å². The van der Waals surface area contributed by atoms with Gasteiger partial charge in [-0.05, 0) is 48.2 Å². The molecule has 0 heterocycles. The van der Waals surface area contributed by atoms with Crippen LogP contribution in [0.5, 0.6) is 5.75 Å². The van der Waals surface area contributed by atoms with Gasteiger partial charge in [0.15, 0.2) is 0 Å². The van der Waals surface area contributed by atoms with Crippen LogP contribution in [0.15, 0.2) is 61.2 Å². The molecule has 2 rings (SSSR count). The van der Waals surface area contributed by atoms with Gasteiger partial charge in [0.2, 0.25) is 0 Å². The van der Waals surface area contributed by atoms with Crippen LogP contribution in [-0.4, -0.2) is 19.8 Å². The van der Waals surface area contributed by atoms with Crippen molar-refractivity contribution in [3.63, 3.8) is 0 Å². The van der Waals surface area contributed by atoms with Gasteiger partial charge in [0.05, 0.1) is 24.8 Å². The number of nitriles is 1. The molecule has 0 spiro atoms. The minimum absolute atomic E-state index is 0.609. The largest absolute Gasteiger partial charge is 0.494 e. The predicted molar refractivity (Wildman–Crippen MR) is 92.3 cm³/mol. The maximum atomic E-state index is 8.82. The minimum Gasteiger partial charge on any atom is -0.494 e. The molecule has 0 radical (unpaired) electrons. The first-order valence-corrected chi connectivity index (χ1v) is 7.75. The molecule has 0 amide bonds. The molecule has 23 heavy (non-hydrogen) atoms. The van der Waals surface area contributed by atoms with Crippen LogP contribution in [0.25, 0.3) is 11.1 Å².